The second-order valence-electron chi connectivity index (χ2n) is 7.15. The molecule has 0 saturated heterocycles. The van der Waals surface area contributed by atoms with Crippen LogP contribution in [-0.4, -0.2) is 11.9 Å². The number of allylic oxidation sites excluding steroid dienone is 4. The molecule has 2 aromatic carbocycles. The van der Waals surface area contributed by atoms with Crippen molar-refractivity contribution in [2.75, 3.05) is 4.90 Å². The molecule has 1 heterocycles. The number of hydrogen-bond acceptors (Lipinski definition) is 2. The summed E-state index contributed by atoms with van der Waals surface area (Å²) in [5.41, 5.74) is 5.53. The van der Waals surface area contributed by atoms with E-state index in [1.54, 1.807) is 13.0 Å². The SMILES string of the molecule is C=C/C=C\C(=C/C)N[C@@H]1C[C@H](C)N(C(C)=O)c2ccc(-c3ccccc3)cc21. The fourth-order valence-electron chi connectivity index (χ4n) is 3.89. The van der Waals surface area contributed by atoms with E-state index in [1.165, 1.54) is 5.56 Å². The van der Waals surface area contributed by atoms with Gasteiger partial charge in [-0.2, -0.15) is 0 Å². The van der Waals surface area contributed by atoms with Crippen LogP contribution in [0, 0.1) is 0 Å². The first-order chi connectivity index (χ1) is 13.5. The van der Waals surface area contributed by atoms with Crippen LogP contribution in [0.15, 0.2) is 85.1 Å². The average molecular weight is 373 g/mol. The van der Waals surface area contributed by atoms with Crippen molar-refractivity contribution in [3.63, 3.8) is 0 Å². The number of carbonyl (C=O) groups is 1. The fourth-order valence-corrected chi connectivity index (χ4v) is 3.89. The van der Waals surface area contributed by atoms with Gasteiger partial charge in [-0.3, -0.25) is 4.79 Å². The molecule has 144 valence electrons. The first kappa shape index (κ1) is 19.7. The molecule has 1 N–H and O–H groups in total. The van der Waals surface area contributed by atoms with E-state index in [2.05, 4.69) is 55.2 Å². The van der Waals surface area contributed by atoms with Crippen molar-refractivity contribution in [3.8, 4) is 11.1 Å². The van der Waals surface area contributed by atoms with Crippen molar-refractivity contribution in [1.82, 2.24) is 5.32 Å². The predicted octanol–water partition coefficient (Wildman–Crippen LogP) is 5.78. The molecule has 2 aromatic rings. The highest BCUT2D eigenvalue weighted by Gasteiger charge is 2.32. The van der Waals surface area contributed by atoms with Crippen LogP contribution in [0.5, 0.6) is 0 Å². The molecular weight excluding hydrogens is 344 g/mol. The second kappa shape index (κ2) is 8.75. The van der Waals surface area contributed by atoms with Gasteiger partial charge in [0.15, 0.2) is 0 Å². The Balaban J connectivity index is 2.06. The molecule has 0 fully saturated rings. The van der Waals surface area contributed by atoms with Gasteiger partial charge in [-0.15, -0.1) is 0 Å². The average Bonchev–Trinajstić information content (AvgIpc) is 2.71. The molecule has 0 saturated carbocycles. The molecule has 0 aliphatic carbocycles. The standard InChI is InChI=1S/C25H28N2O/c1-5-7-13-22(6-2)26-24-16-18(3)27(19(4)28)25-15-14-21(17-23(24)25)20-11-9-8-10-12-20/h5-15,17-18,24,26H,1,16H2,2-4H3/b13-7-,22-6+/t18-,24+/m0/s1. The molecule has 0 unspecified atom stereocenters. The van der Waals surface area contributed by atoms with E-state index in [0.29, 0.717) is 0 Å². The van der Waals surface area contributed by atoms with E-state index in [1.807, 2.05) is 42.2 Å². The maximum Gasteiger partial charge on any atom is 0.224 e. The van der Waals surface area contributed by atoms with Gasteiger partial charge < -0.3 is 10.2 Å². The van der Waals surface area contributed by atoms with E-state index >= 15 is 0 Å². The lowest BCUT2D eigenvalue weighted by Crippen LogP contribution is -2.44. The van der Waals surface area contributed by atoms with E-state index in [9.17, 15) is 4.79 Å². The molecular formula is C25H28N2O. The minimum atomic E-state index is 0.0810. The fraction of sp³-hybridized carbons (Fsp3) is 0.240. The van der Waals surface area contributed by atoms with E-state index < -0.39 is 0 Å². The van der Waals surface area contributed by atoms with Crippen LogP contribution in [0.3, 0.4) is 0 Å². The minimum Gasteiger partial charge on any atom is -0.378 e. The van der Waals surface area contributed by atoms with Crippen LogP contribution in [0.25, 0.3) is 11.1 Å². The number of nitrogens with zero attached hydrogens (tertiary/aromatic N) is 1. The lowest BCUT2D eigenvalue weighted by Gasteiger charge is -2.40. The number of nitrogens with one attached hydrogen (secondary N) is 1. The molecule has 1 amide bonds. The van der Waals surface area contributed by atoms with Gasteiger partial charge >= 0.3 is 0 Å². The summed E-state index contributed by atoms with van der Waals surface area (Å²) in [7, 11) is 0. The van der Waals surface area contributed by atoms with Crippen molar-refractivity contribution in [1.29, 1.82) is 0 Å². The van der Waals surface area contributed by atoms with Gasteiger partial charge in [0, 0.05) is 24.4 Å². The second-order valence-corrected chi connectivity index (χ2v) is 7.15. The zero-order valence-corrected chi connectivity index (χ0v) is 16.9. The van der Waals surface area contributed by atoms with Gasteiger partial charge in [-0.25, -0.2) is 0 Å². The van der Waals surface area contributed by atoms with Gasteiger partial charge in [-0.1, -0.05) is 61.2 Å². The summed E-state index contributed by atoms with van der Waals surface area (Å²) in [6.45, 7) is 9.52. The number of carbonyl (C=O) groups excluding carboxylic acids is 1. The molecule has 0 radical (unpaired) electrons. The number of anilines is 1. The highest BCUT2D eigenvalue weighted by atomic mass is 16.2. The zero-order valence-electron chi connectivity index (χ0n) is 16.9. The third-order valence-electron chi connectivity index (χ3n) is 5.19. The Bertz CT molecular complexity index is 911. The number of rotatable bonds is 5. The molecule has 3 nitrogen and oxygen atoms in total. The Morgan fingerprint density at radius 1 is 1.18 bits per heavy atom. The van der Waals surface area contributed by atoms with E-state index in [4.69, 9.17) is 0 Å². The predicted molar refractivity (Wildman–Crippen MR) is 118 cm³/mol. The molecule has 0 spiro atoms. The maximum atomic E-state index is 12.3. The molecule has 3 rings (SSSR count). The Hall–Kier alpha value is -3.07. The Morgan fingerprint density at radius 3 is 2.57 bits per heavy atom. The zero-order chi connectivity index (χ0) is 20.1. The molecule has 1 aliphatic heterocycles. The lowest BCUT2D eigenvalue weighted by molar-refractivity contribution is -0.117. The van der Waals surface area contributed by atoms with Crippen LogP contribution >= 0.6 is 0 Å². The van der Waals surface area contributed by atoms with Crippen LogP contribution in [0.4, 0.5) is 5.69 Å². The monoisotopic (exact) mass is 372 g/mol. The third kappa shape index (κ3) is 4.09. The molecule has 2 atom stereocenters. The molecule has 0 aromatic heterocycles. The maximum absolute atomic E-state index is 12.3. The van der Waals surface area contributed by atoms with Gasteiger partial charge in [-0.05, 0) is 55.2 Å². The number of hydrogen-bond donors (Lipinski definition) is 1. The highest BCUT2D eigenvalue weighted by Crippen LogP contribution is 2.40. The van der Waals surface area contributed by atoms with E-state index in [0.717, 1.165) is 28.9 Å². The first-order valence-corrected chi connectivity index (χ1v) is 9.76. The Morgan fingerprint density at radius 2 is 1.93 bits per heavy atom. The van der Waals surface area contributed by atoms with Gasteiger partial charge in [0.1, 0.15) is 0 Å². The summed E-state index contributed by atoms with van der Waals surface area (Å²) >= 11 is 0. The van der Waals surface area contributed by atoms with Crippen LogP contribution < -0.4 is 10.2 Å². The van der Waals surface area contributed by atoms with Crippen molar-refractivity contribution >= 4 is 11.6 Å². The van der Waals surface area contributed by atoms with Crippen LogP contribution in [0.1, 0.15) is 38.8 Å². The Labute approximate surface area is 168 Å². The number of fused-ring (bicyclic) bond motifs is 1. The summed E-state index contributed by atoms with van der Waals surface area (Å²) < 4.78 is 0. The topological polar surface area (TPSA) is 32.3 Å². The summed E-state index contributed by atoms with van der Waals surface area (Å²) in [6, 6.07) is 17.0. The van der Waals surface area contributed by atoms with Crippen LogP contribution in [-0.2, 0) is 4.79 Å². The van der Waals surface area contributed by atoms with Gasteiger partial charge in [0.25, 0.3) is 0 Å². The summed E-state index contributed by atoms with van der Waals surface area (Å²) in [6.07, 6.45) is 8.63. The molecule has 28 heavy (non-hydrogen) atoms. The highest BCUT2D eigenvalue weighted by molar-refractivity contribution is 5.94. The molecule has 1 aliphatic rings. The minimum absolute atomic E-state index is 0.0810. The summed E-state index contributed by atoms with van der Waals surface area (Å²) in [5.74, 6) is 0.0810. The largest absolute Gasteiger partial charge is 0.378 e. The van der Waals surface area contributed by atoms with Gasteiger partial charge in [0.2, 0.25) is 5.91 Å². The van der Waals surface area contributed by atoms with Crippen molar-refractivity contribution in [3.05, 3.63) is 90.7 Å². The Kier molecular flexibility index (Phi) is 6.15. The quantitative estimate of drug-likeness (QED) is 0.675. The molecule has 0 bridgehead atoms. The lowest BCUT2D eigenvalue weighted by atomic mass is 9.89. The smallest absolute Gasteiger partial charge is 0.224 e. The van der Waals surface area contributed by atoms with E-state index in [-0.39, 0.29) is 18.0 Å². The third-order valence-corrected chi connectivity index (χ3v) is 5.19. The van der Waals surface area contributed by atoms with Crippen molar-refractivity contribution < 1.29 is 4.79 Å². The van der Waals surface area contributed by atoms with Crippen LogP contribution in [0.2, 0.25) is 0 Å². The van der Waals surface area contributed by atoms with Gasteiger partial charge in [0.05, 0.1) is 6.04 Å². The number of benzene rings is 2. The van der Waals surface area contributed by atoms with Crippen molar-refractivity contribution in [2.45, 2.75) is 39.3 Å². The normalized spacial score (nSPS) is 19.4. The summed E-state index contributed by atoms with van der Waals surface area (Å²) in [4.78, 5) is 14.2. The van der Waals surface area contributed by atoms with Crippen molar-refractivity contribution in [2.24, 2.45) is 0 Å². The molecule has 3 heteroatoms. The number of amides is 1. The first-order valence-electron chi connectivity index (χ1n) is 9.76. The summed E-state index contributed by atoms with van der Waals surface area (Å²) in [5, 5.41) is 3.65.